The molecule has 0 saturated carbocycles. The maximum absolute atomic E-state index is 6.51. The van der Waals surface area contributed by atoms with Gasteiger partial charge in [-0.05, 0) is 49.1 Å². The predicted molar refractivity (Wildman–Crippen MR) is 123 cm³/mol. The second kappa shape index (κ2) is 7.97. The van der Waals surface area contributed by atoms with Crippen LogP contribution in [-0.4, -0.2) is 16.5 Å². The summed E-state index contributed by atoms with van der Waals surface area (Å²) in [5.74, 6) is 1.24. The number of aromatic nitrogens is 2. The van der Waals surface area contributed by atoms with Gasteiger partial charge in [0.25, 0.3) is 0 Å². The summed E-state index contributed by atoms with van der Waals surface area (Å²) in [5, 5.41) is 6.33. The molecule has 0 radical (unpaired) electrons. The van der Waals surface area contributed by atoms with Crippen LogP contribution in [0.4, 0.5) is 28.7 Å². The molecule has 0 amide bonds. The van der Waals surface area contributed by atoms with Crippen LogP contribution in [-0.2, 0) is 0 Å². The van der Waals surface area contributed by atoms with E-state index in [0.717, 1.165) is 22.3 Å². The molecule has 3 aromatic carbocycles. The molecule has 0 aliphatic carbocycles. The number of nitrogens with one attached hydrogen (secondary N) is 1. The van der Waals surface area contributed by atoms with E-state index in [-0.39, 0.29) is 0 Å². The lowest BCUT2D eigenvalue weighted by atomic mass is 10.1. The Kier molecular flexibility index (Phi) is 5.23. The number of aryl methyl sites for hydroxylation is 1. The van der Waals surface area contributed by atoms with Gasteiger partial charge in [-0.2, -0.15) is 0 Å². The van der Waals surface area contributed by atoms with Crippen LogP contribution in [0, 0.1) is 6.92 Å². The standard InChI is InChI=1S/C23H22ClN5/c1-3-29(20-10-6-8-16-7-4-5-9-18(16)20)23-21(25)22(26-14-27-23)28-19-12-11-17(24)13-15(19)2/h4-14H,3,25H2,1-2H3,(H,26,27,28). The largest absolute Gasteiger partial charge is 0.393 e. The van der Waals surface area contributed by atoms with E-state index in [2.05, 4.69) is 51.4 Å². The number of nitrogens with zero attached hydrogens (tertiary/aromatic N) is 3. The van der Waals surface area contributed by atoms with E-state index in [1.165, 1.54) is 11.7 Å². The molecule has 0 bridgehead atoms. The van der Waals surface area contributed by atoms with Crippen molar-refractivity contribution in [3.8, 4) is 0 Å². The Morgan fingerprint density at radius 1 is 1.03 bits per heavy atom. The summed E-state index contributed by atoms with van der Waals surface area (Å²) in [6, 6.07) is 20.2. The molecular weight excluding hydrogens is 382 g/mol. The summed E-state index contributed by atoms with van der Waals surface area (Å²) < 4.78 is 0. The molecule has 4 aromatic rings. The normalized spacial score (nSPS) is 10.9. The number of fused-ring (bicyclic) bond motifs is 1. The molecule has 3 N–H and O–H groups in total. The fourth-order valence-corrected chi connectivity index (χ4v) is 3.70. The highest BCUT2D eigenvalue weighted by Crippen LogP contribution is 2.36. The Bertz CT molecular complexity index is 1170. The molecule has 0 spiro atoms. The zero-order valence-electron chi connectivity index (χ0n) is 16.4. The molecule has 0 unspecified atom stereocenters. The maximum atomic E-state index is 6.51. The second-order valence-corrected chi connectivity index (χ2v) is 7.22. The summed E-state index contributed by atoms with van der Waals surface area (Å²) in [7, 11) is 0. The number of halogens is 1. The Labute approximate surface area is 175 Å². The molecule has 5 nitrogen and oxygen atoms in total. The minimum Gasteiger partial charge on any atom is -0.393 e. The first kappa shape index (κ1) is 19.0. The van der Waals surface area contributed by atoms with Gasteiger partial charge >= 0.3 is 0 Å². The number of rotatable bonds is 5. The van der Waals surface area contributed by atoms with Crippen molar-refractivity contribution < 1.29 is 0 Å². The van der Waals surface area contributed by atoms with E-state index in [4.69, 9.17) is 17.3 Å². The molecule has 0 aliphatic heterocycles. The van der Waals surface area contributed by atoms with E-state index >= 15 is 0 Å². The fourth-order valence-electron chi connectivity index (χ4n) is 3.47. The first-order chi connectivity index (χ1) is 14.1. The molecule has 0 fully saturated rings. The number of nitrogens with two attached hydrogens (primary N) is 1. The predicted octanol–water partition coefficient (Wildman–Crippen LogP) is 6.08. The van der Waals surface area contributed by atoms with Crippen LogP contribution in [0.25, 0.3) is 10.8 Å². The molecule has 1 heterocycles. The summed E-state index contributed by atoms with van der Waals surface area (Å²) >= 11 is 6.07. The lowest BCUT2D eigenvalue weighted by Crippen LogP contribution is -2.20. The molecule has 0 aliphatic rings. The van der Waals surface area contributed by atoms with Crippen LogP contribution in [0.15, 0.2) is 67.0 Å². The molecule has 1 aromatic heterocycles. The van der Waals surface area contributed by atoms with Crippen LogP contribution >= 0.6 is 11.6 Å². The van der Waals surface area contributed by atoms with Gasteiger partial charge in [-0.15, -0.1) is 0 Å². The smallest absolute Gasteiger partial charge is 0.161 e. The van der Waals surface area contributed by atoms with E-state index < -0.39 is 0 Å². The van der Waals surface area contributed by atoms with Crippen LogP contribution in [0.2, 0.25) is 5.02 Å². The molecule has 0 atom stereocenters. The lowest BCUT2D eigenvalue weighted by Gasteiger charge is -2.25. The van der Waals surface area contributed by atoms with Gasteiger partial charge in [0.15, 0.2) is 11.6 Å². The molecular formula is C23H22ClN5. The maximum Gasteiger partial charge on any atom is 0.161 e. The highest BCUT2D eigenvalue weighted by molar-refractivity contribution is 6.30. The number of hydrogen-bond acceptors (Lipinski definition) is 5. The summed E-state index contributed by atoms with van der Waals surface area (Å²) in [5.41, 5.74) is 9.98. The average molecular weight is 404 g/mol. The van der Waals surface area contributed by atoms with Gasteiger partial charge in [0.1, 0.15) is 12.0 Å². The topological polar surface area (TPSA) is 67.1 Å². The third-order valence-corrected chi connectivity index (χ3v) is 5.17. The summed E-state index contributed by atoms with van der Waals surface area (Å²) in [6.07, 6.45) is 1.53. The van der Waals surface area contributed by atoms with Crippen LogP contribution in [0.1, 0.15) is 12.5 Å². The minimum absolute atomic E-state index is 0.497. The number of anilines is 5. The van der Waals surface area contributed by atoms with Gasteiger partial charge in [0, 0.05) is 22.6 Å². The van der Waals surface area contributed by atoms with E-state index in [0.29, 0.717) is 28.9 Å². The Morgan fingerprint density at radius 2 is 1.83 bits per heavy atom. The third kappa shape index (κ3) is 3.69. The summed E-state index contributed by atoms with van der Waals surface area (Å²) in [6.45, 7) is 4.79. The van der Waals surface area contributed by atoms with Crippen molar-refractivity contribution in [2.75, 3.05) is 22.5 Å². The third-order valence-electron chi connectivity index (χ3n) is 4.93. The number of nitrogen functional groups attached to an aromatic ring is 1. The summed E-state index contributed by atoms with van der Waals surface area (Å²) in [4.78, 5) is 11.0. The van der Waals surface area contributed by atoms with Gasteiger partial charge in [0.05, 0.1) is 5.69 Å². The van der Waals surface area contributed by atoms with Crippen molar-refractivity contribution in [1.82, 2.24) is 9.97 Å². The minimum atomic E-state index is 0.497. The van der Waals surface area contributed by atoms with Crippen LogP contribution in [0.3, 0.4) is 0 Å². The van der Waals surface area contributed by atoms with Crippen molar-refractivity contribution in [2.24, 2.45) is 0 Å². The lowest BCUT2D eigenvalue weighted by molar-refractivity contribution is 0.985. The first-order valence-electron chi connectivity index (χ1n) is 9.47. The van der Waals surface area contributed by atoms with E-state index in [1.54, 1.807) is 0 Å². The van der Waals surface area contributed by atoms with Crippen LogP contribution in [0.5, 0.6) is 0 Å². The van der Waals surface area contributed by atoms with Gasteiger partial charge in [-0.3, -0.25) is 0 Å². The first-order valence-corrected chi connectivity index (χ1v) is 9.85. The monoisotopic (exact) mass is 403 g/mol. The second-order valence-electron chi connectivity index (χ2n) is 6.79. The highest BCUT2D eigenvalue weighted by Gasteiger charge is 2.18. The van der Waals surface area contributed by atoms with Crippen molar-refractivity contribution in [3.63, 3.8) is 0 Å². The zero-order valence-corrected chi connectivity index (χ0v) is 17.1. The van der Waals surface area contributed by atoms with Gasteiger partial charge in [-0.1, -0.05) is 48.0 Å². The SMILES string of the molecule is CCN(c1ncnc(Nc2ccc(Cl)cc2C)c1N)c1cccc2ccccc12. The molecule has 29 heavy (non-hydrogen) atoms. The van der Waals surface area contributed by atoms with Gasteiger partial charge in [0.2, 0.25) is 0 Å². The van der Waals surface area contributed by atoms with Crippen molar-refractivity contribution in [2.45, 2.75) is 13.8 Å². The molecule has 146 valence electrons. The molecule has 6 heteroatoms. The zero-order chi connectivity index (χ0) is 20.4. The van der Waals surface area contributed by atoms with E-state index in [1.807, 2.05) is 43.3 Å². The van der Waals surface area contributed by atoms with Gasteiger partial charge in [-0.25, -0.2) is 9.97 Å². The number of hydrogen-bond donors (Lipinski definition) is 2. The Hall–Kier alpha value is -3.31. The van der Waals surface area contributed by atoms with Crippen molar-refractivity contribution in [1.29, 1.82) is 0 Å². The van der Waals surface area contributed by atoms with Gasteiger partial charge < -0.3 is 16.0 Å². The van der Waals surface area contributed by atoms with Crippen molar-refractivity contribution >= 4 is 51.1 Å². The highest BCUT2D eigenvalue weighted by atomic mass is 35.5. The Balaban J connectivity index is 1.77. The quantitative estimate of drug-likeness (QED) is 0.423. The average Bonchev–Trinajstić information content (AvgIpc) is 2.73. The number of benzene rings is 3. The van der Waals surface area contributed by atoms with Crippen LogP contribution < -0.4 is 16.0 Å². The molecule has 4 rings (SSSR count). The van der Waals surface area contributed by atoms with Crippen molar-refractivity contribution in [3.05, 3.63) is 77.6 Å². The van der Waals surface area contributed by atoms with E-state index in [9.17, 15) is 0 Å². The Morgan fingerprint density at radius 3 is 2.62 bits per heavy atom. The molecule has 0 saturated heterocycles. The fraction of sp³-hybridized carbons (Fsp3) is 0.130.